The fourth-order valence-electron chi connectivity index (χ4n) is 5.56. The van der Waals surface area contributed by atoms with Crippen LogP contribution in [0, 0.1) is 0 Å². The van der Waals surface area contributed by atoms with E-state index in [9.17, 15) is 26.7 Å². The Kier molecular flexibility index (Phi) is 8.76. The second-order valence-corrected chi connectivity index (χ2v) is 14.8. The number of hydrogen-bond acceptors (Lipinski definition) is 7. The number of rotatable bonds is 10. The zero-order valence-corrected chi connectivity index (χ0v) is 27.1. The first-order valence-corrected chi connectivity index (χ1v) is 18.3. The van der Waals surface area contributed by atoms with Gasteiger partial charge in [-0.3, -0.25) is 13.8 Å². The summed E-state index contributed by atoms with van der Waals surface area (Å²) in [5, 5.41) is 11.6. The van der Waals surface area contributed by atoms with Crippen LogP contribution in [0.1, 0.15) is 24.0 Å². The summed E-state index contributed by atoms with van der Waals surface area (Å²) in [6.45, 7) is 0.929. The number of sulfonamides is 2. The number of nitrogens with zero attached hydrogens (tertiary/aromatic N) is 3. The Morgan fingerprint density at radius 1 is 0.894 bits per heavy atom. The van der Waals surface area contributed by atoms with Crippen molar-refractivity contribution in [2.45, 2.75) is 17.7 Å². The molecule has 0 spiro atoms. The number of amides is 1. The summed E-state index contributed by atoms with van der Waals surface area (Å²) in [5.41, 5.74) is 2.97. The third-order valence-corrected chi connectivity index (χ3v) is 10.4. The Morgan fingerprint density at radius 3 is 2.17 bits per heavy atom. The van der Waals surface area contributed by atoms with Crippen LogP contribution in [0.2, 0.25) is 0 Å². The Bertz CT molecular complexity index is 2160. The second kappa shape index (κ2) is 12.9. The number of carbonyl (C=O) groups excluding carboxylic acids is 1. The molecule has 4 aromatic carbocycles. The van der Waals surface area contributed by atoms with Crippen molar-refractivity contribution in [2.24, 2.45) is 4.99 Å². The van der Waals surface area contributed by atoms with Gasteiger partial charge in [0.1, 0.15) is 6.54 Å². The molecule has 0 unspecified atom stereocenters. The van der Waals surface area contributed by atoms with Crippen LogP contribution in [-0.2, 0) is 24.8 Å². The van der Waals surface area contributed by atoms with Crippen molar-refractivity contribution >= 4 is 59.6 Å². The molecule has 2 heterocycles. The number of carbonyl (C=O) groups is 1. The quantitative estimate of drug-likeness (QED) is 0.173. The lowest BCUT2D eigenvalue weighted by molar-refractivity contribution is -0.128. The number of hydrogen-bond donors (Lipinski definition) is 3. The molecule has 1 aromatic heterocycles. The maximum absolute atomic E-state index is 13.3. The van der Waals surface area contributed by atoms with Gasteiger partial charge in [0.05, 0.1) is 33.8 Å². The minimum atomic E-state index is -3.97. The molecule has 0 radical (unpaired) electrons. The van der Waals surface area contributed by atoms with Gasteiger partial charge in [0.25, 0.3) is 10.0 Å². The molecule has 1 aliphatic rings. The van der Waals surface area contributed by atoms with Crippen LogP contribution >= 0.6 is 0 Å². The average molecular weight is 672 g/mol. The van der Waals surface area contributed by atoms with Crippen LogP contribution in [0.3, 0.4) is 0 Å². The minimum Gasteiger partial charge on any atom is -0.494 e. The second-order valence-electron chi connectivity index (χ2n) is 11.2. The van der Waals surface area contributed by atoms with E-state index in [1.807, 2.05) is 30.3 Å². The van der Waals surface area contributed by atoms with E-state index in [1.165, 1.54) is 12.1 Å². The molecule has 1 aliphatic heterocycles. The Balaban J connectivity index is 1.39. The molecule has 0 bridgehead atoms. The fraction of sp³-hybridized carbons (Fsp3) is 0.176. The third-order valence-electron chi connectivity index (χ3n) is 7.89. The summed E-state index contributed by atoms with van der Waals surface area (Å²) in [6.07, 6.45) is 2.86. The van der Waals surface area contributed by atoms with E-state index in [4.69, 9.17) is 4.99 Å². The smallest absolute Gasteiger partial charge is 0.261 e. The Hall–Kier alpha value is -5.14. The summed E-state index contributed by atoms with van der Waals surface area (Å²) < 4.78 is 55.7. The van der Waals surface area contributed by atoms with Crippen LogP contribution in [0.5, 0.6) is 5.88 Å². The number of aromatic nitrogens is 1. The SMILES string of the molecule is CS(=O)(=O)N(CC(=O)N1CCCC1)c1ccc(N=C(c2ccccc2)c2c(O)[nH]c3ccc(S(=O)(=O)Nc4ccccc4)cc23)cc1. The van der Waals surface area contributed by atoms with Crippen molar-refractivity contribution in [1.82, 2.24) is 9.88 Å². The lowest BCUT2D eigenvalue weighted by Crippen LogP contribution is -2.41. The van der Waals surface area contributed by atoms with E-state index in [0.717, 1.165) is 23.4 Å². The van der Waals surface area contributed by atoms with Crippen molar-refractivity contribution in [2.75, 3.05) is 34.9 Å². The average Bonchev–Trinajstić information content (AvgIpc) is 3.71. The third kappa shape index (κ3) is 7.00. The lowest BCUT2D eigenvalue weighted by atomic mass is 10.0. The van der Waals surface area contributed by atoms with Crippen molar-refractivity contribution in [3.05, 3.63) is 114 Å². The highest BCUT2D eigenvalue weighted by Gasteiger charge is 2.26. The molecule has 242 valence electrons. The van der Waals surface area contributed by atoms with Gasteiger partial charge in [-0.05, 0) is 67.4 Å². The van der Waals surface area contributed by atoms with Gasteiger partial charge < -0.3 is 15.0 Å². The zero-order valence-electron chi connectivity index (χ0n) is 25.5. The standard InChI is InChI=1S/C34H33N5O6S2/c1-46(42,43)39(23-31(40)38-20-8-9-21-38)27-16-14-25(15-17-27)35-33(24-10-4-2-5-11-24)32-29-22-28(18-19-30(29)36-34(32)41)47(44,45)37-26-12-6-3-7-13-26/h2-7,10-19,22,36-37,41H,8-9,20-21,23H2,1H3. The summed E-state index contributed by atoms with van der Waals surface area (Å²) in [6, 6.07) is 28.6. The topological polar surface area (TPSA) is 152 Å². The van der Waals surface area contributed by atoms with Gasteiger partial charge in [-0.1, -0.05) is 48.5 Å². The summed E-state index contributed by atoms with van der Waals surface area (Å²) in [4.78, 5) is 22.3. The van der Waals surface area contributed by atoms with Gasteiger partial charge in [-0.15, -0.1) is 0 Å². The first-order valence-electron chi connectivity index (χ1n) is 14.9. The number of para-hydroxylation sites is 1. The van der Waals surface area contributed by atoms with Gasteiger partial charge >= 0.3 is 0 Å². The molecule has 47 heavy (non-hydrogen) atoms. The van der Waals surface area contributed by atoms with Crippen LogP contribution in [-0.4, -0.2) is 69.3 Å². The number of anilines is 2. The van der Waals surface area contributed by atoms with E-state index in [0.29, 0.717) is 57.9 Å². The number of likely N-dealkylation sites (tertiary alicyclic amines) is 1. The van der Waals surface area contributed by atoms with Crippen molar-refractivity contribution < 1.29 is 26.7 Å². The molecule has 3 N–H and O–H groups in total. The molecule has 1 fully saturated rings. The fourth-order valence-corrected chi connectivity index (χ4v) is 7.49. The molecule has 11 nitrogen and oxygen atoms in total. The molecule has 5 aromatic rings. The monoisotopic (exact) mass is 671 g/mol. The molecule has 1 amide bonds. The number of aromatic hydroxyl groups is 1. The van der Waals surface area contributed by atoms with Crippen molar-refractivity contribution in [3.8, 4) is 5.88 Å². The molecule has 0 aliphatic carbocycles. The van der Waals surface area contributed by atoms with Gasteiger partial charge in [0, 0.05) is 35.2 Å². The van der Waals surface area contributed by atoms with Crippen LogP contribution < -0.4 is 9.03 Å². The highest BCUT2D eigenvalue weighted by atomic mass is 32.2. The van der Waals surface area contributed by atoms with Crippen LogP contribution in [0.4, 0.5) is 17.1 Å². The number of nitrogens with one attached hydrogen (secondary N) is 2. The number of aliphatic imine (C=N–C) groups is 1. The van der Waals surface area contributed by atoms with Crippen LogP contribution in [0.15, 0.2) is 113 Å². The van der Waals surface area contributed by atoms with E-state index < -0.39 is 20.0 Å². The number of aromatic amines is 1. The summed E-state index contributed by atoms with van der Waals surface area (Å²) in [5.74, 6) is -0.454. The number of benzene rings is 4. The largest absolute Gasteiger partial charge is 0.494 e. The van der Waals surface area contributed by atoms with Crippen molar-refractivity contribution in [3.63, 3.8) is 0 Å². The van der Waals surface area contributed by atoms with Gasteiger partial charge in [0.15, 0.2) is 5.88 Å². The van der Waals surface area contributed by atoms with E-state index in [2.05, 4.69) is 9.71 Å². The van der Waals surface area contributed by atoms with Gasteiger partial charge in [-0.2, -0.15) is 0 Å². The molecular formula is C34H33N5O6S2. The maximum Gasteiger partial charge on any atom is 0.261 e. The summed E-state index contributed by atoms with van der Waals surface area (Å²) in [7, 11) is -7.73. The number of H-pyrrole nitrogens is 1. The van der Waals surface area contributed by atoms with E-state index in [1.54, 1.807) is 65.6 Å². The highest BCUT2D eigenvalue weighted by molar-refractivity contribution is 7.92. The highest BCUT2D eigenvalue weighted by Crippen LogP contribution is 2.34. The predicted molar refractivity (Wildman–Crippen MR) is 183 cm³/mol. The molecule has 13 heteroatoms. The molecule has 0 saturated carbocycles. The Morgan fingerprint density at radius 2 is 1.53 bits per heavy atom. The van der Waals surface area contributed by atoms with Crippen LogP contribution in [0.25, 0.3) is 10.9 Å². The summed E-state index contributed by atoms with van der Waals surface area (Å²) >= 11 is 0. The van der Waals surface area contributed by atoms with E-state index in [-0.39, 0.29) is 23.2 Å². The van der Waals surface area contributed by atoms with E-state index >= 15 is 0 Å². The first kappa shape index (κ1) is 31.8. The molecule has 1 saturated heterocycles. The minimum absolute atomic E-state index is 0.00443. The van der Waals surface area contributed by atoms with Gasteiger partial charge in [0.2, 0.25) is 15.9 Å². The van der Waals surface area contributed by atoms with Gasteiger partial charge in [-0.25, -0.2) is 21.8 Å². The zero-order chi connectivity index (χ0) is 33.2. The lowest BCUT2D eigenvalue weighted by Gasteiger charge is -2.25. The normalized spacial score (nSPS) is 14.0. The first-order chi connectivity index (χ1) is 22.5. The molecule has 6 rings (SSSR count). The maximum atomic E-state index is 13.3. The molecular weight excluding hydrogens is 639 g/mol. The Labute approximate surface area is 273 Å². The number of fused-ring (bicyclic) bond motifs is 1. The van der Waals surface area contributed by atoms with Crippen molar-refractivity contribution in [1.29, 1.82) is 0 Å². The molecule has 0 atom stereocenters. The predicted octanol–water partition coefficient (Wildman–Crippen LogP) is 5.23.